The van der Waals surface area contributed by atoms with Crippen molar-refractivity contribution >= 4 is 23.1 Å². The van der Waals surface area contributed by atoms with Crippen molar-refractivity contribution in [3.63, 3.8) is 0 Å². The van der Waals surface area contributed by atoms with Crippen molar-refractivity contribution in [2.75, 3.05) is 6.61 Å². The highest BCUT2D eigenvalue weighted by Crippen LogP contribution is 2.25. The second-order valence-electron chi connectivity index (χ2n) is 4.29. The van der Waals surface area contributed by atoms with Crippen molar-refractivity contribution in [3.05, 3.63) is 40.9 Å². The summed E-state index contributed by atoms with van der Waals surface area (Å²) in [5.74, 6) is 0.667. The summed E-state index contributed by atoms with van der Waals surface area (Å²) in [6.07, 6.45) is 0. The zero-order valence-corrected chi connectivity index (χ0v) is 13.5. The van der Waals surface area contributed by atoms with Gasteiger partial charge in [0, 0.05) is 0 Å². The molecule has 0 atom stereocenters. The number of rotatable bonds is 7. The summed E-state index contributed by atoms with van der Waals surface area (Å²) in [5.41, 5.74) is 1.16. The number of hydrogen-bond acceptors (Lipinski definition) is 8. The van der Waals surface area contributed by atoms with Crippen LogP contribution in [0.2, 0.25) is 0 Å². The summed E-state index contributed by atoms with van der Waals surface area (Å²) in [4.78, 5) is 0. The average Bonchev–Trinajstić information content (AvgIpc) is 3.16. The van der Waals surface area contributed by atoms with Gasteiger partial charge in [0.15, 0.2) is 0 Å². The number of hydrogen-bond donors (Lipinski definition) is 0. The van der Waals surface area contributed by atoms with Crippen LogP contribution in [-0.2, 0) is 12.3 Å². The molecule has 0 saturated heterocycles. The fraction of sp³-hybridized carbons (Fsp3) is 0.308. The molecule has 2 heterocycles. The molecule has 22 heavy (non-hydrogen) atoms. The van der Waals surface area contributed by atoms with E-state index in [4.69, 9.17) is 4.74 Å². The van der Waals surface area contributed by atoms with Crippen LogP contribution < -0.4 is 4.74 Å². The number of benzene rings is 1. The number of ether oxygens (including phenoxy) is 1. The van der Waals surface area contributed by atoms with Crippen molar-refractivity contribution in [2.24, 2.45) is 0 Å². The Labute approximate surface area is 135 Å². The Hall–Kier alpha value is -2.00. The Bertz CT molecular complexity index is 714. The minimum atomic E-state index is 0.594. The lowest BCUT2D eigenvalue weighted by Gasteiger charge is -2.03. The molecule has 9 heteroatoms. The monoisotopic (exact) mass is 334 g/mol. The zero-order valence-electron chi connectivity index (χ0n) is 11.9. The predicted octanol–water partition coefficient (Wildman–Crippen LogP) is 2.26. The molecular formula is C13H14N6OS2. The number of aromatic nitrogens is 6. The van der Waals surface area contributed by atoms with Gasteiger partial charge in [-0.05, 0) is 22.9 Å². The van der Waals surface area contributed by atoms with Crippen LogP contribution in [-0.4, -0.2) is 37.0 Å². The summed E-state index contributed by atoms with van der Waals surface area (Å²) >= 11 is 2.98. The van der Waals surface area contributed by atoms with Crippen LogP contribution in [0.15, 0.2) is 35.5 Å². The zero-order chi connectivity index (χ0) is 15.2. The molecule has 0 amide bonds. The number of thioether (sulfide) groups is 1. The molecule has 0 aliphatic heterocycles. The van der Waals surface area contributed by atoms with E-state index in [2.05, 4.69) is 37.9 Å². The first-order valence-electron chi connectivity index (χ1n) is 6.73. The van der Waals surface area contributed by atoms with Crippen LogP contribution in [0, 0.1) is 0 Å². The molecule has 2 aromatic heterocycles. The van der Waals surface area contributed by atoms with Gasteiger partial charge < -0.3 is 4.74 Å². The van der Waals surface area contributed by atoms with E-state index in [1.54, 1.807) is 4.68 Å². The molecule has 0 spiro atoms. The van der Waals surface area contributed by atoms with Gasteiger partial charge in [0.25, 0.3) is 5.19 Å². The molecule has 3 rings (SSSR count). The van der Waals surface area contributed by atoms with Gasteiger partial charge in [0.05, 0.1) is 18.9 Å². The van der Waals surface area contributed by atoms with E-state index in [1.165, 1.54) is 23.1 Å². The molecule has 0 aliphatic rings. The third kappa shape index (κ3) is 3.80. The van der Waals surface area contributed by atoms with Gasteiger partial charge in [-0.1, -0.05) is 53.4 Å². The SMILES string of the molecule is CCOc1nnc(CSc2nnnn2Cc2ccccc2)s1. The topological polar surface area (TPSA) is 78.6 Å². The molecule has 0 fully saturated rings. The predicted molar refractivity (Wildman–Crippen MR) is 84.0 cm³/mol. The number of tetrazole rings is 1. The van der Waals surface area contributed by atoms with Gasteiger partial charge in [0.1, 0.15) is 5.01 Å². The summed E-state index contributed by atoms with van der Waals surface area (Å²) in [7, 11) is 0. The molecular weight excluding hydrogens is 320 g/mol. The van der Waals surface area contributed by atoms with Crippen molar-refractivity contribution in [2.45, 2.75) is 24.4 Å². The summed E-state index contributed by atoms with van der Waals surface area (Å²) < 4.78 is 7.10. The standard InChI is InChI=1S/C13H14N6OS2/c1-2-20-13-16-14-11(22-13)9-21-12-15-17-18-19(12)8-10-6-4-3-5-7-10/h3-7H,2,8-9H2,1H3. The van der Waals surface area contributed by atoms with Crippen LogP contribution in [0.4, 0.5) is 0 Å². The lowest BCUT2D eigenvalue weighted by Crippen LogP contribution is -2.03. The Kier molecular flexibility index (Phi) is 4.96. The quantitative estimate of drug-likeness (QED) is 0.613. The van der Waals surface area contributed by atoms with Crippen LogP contribution >= 0.6 is 23.1 Å². The highest BCUT2D eigenvalue weighted by Gasteiger charge is 2.10. The van der Waals surface area contributed by atoms with Crippen LogP contribution in [0.5, 0.6) is 5.19 Å². The Morgan fingerprint density at radius 2 is 2.05 bits per heavy atom. The fourth-order valence-electron chi connectivity index (χ4n) is 1.76. The molecule has 0 N–H and O–H groups in total. The molecule has 114 valence electrons. The fourth-order valence-corrected chi connectivity index (χ4v) is 3.37. The molecule has 0 saturated carbocycles. The lowest BCUT2D eigenvalue weighted by atomic mass is 10.2. The Balaban J connectivity index is 1.62. The third-order valence-electron chi connectivity index (χ3n) is 2.72. The van der Waals surface area contributed by atoms with E-state index in [-0.39, 0.29) is 0 Å². The maximum Gasteiger partial charge on any atom is 0.294 e. The largest absolute Gasteiger partial charge is 0.469 e. The van der Waals surface area contributed by atoms with Gasteiger partial charge in [-0.25, -0.2) is 4.68 Å². The van der Waals surface area contributed by atoms with Crippen molar-refractivity contribution in [3.8, 4) is 5.19 Å². The van der Waals surface area contributed by atoms with Crippen molar-refractivity contribution in [1.82, 2.24) is 30.4 Å². The maximum absolute atomic E-state index is 5.32. The minimum Gasteiger partial charge on any atom is -0.469 e. The number of nitrogens with zero attached hydrogens (tertiary/aromatic N) is 6. The van der Waals surface area contributed by atoms with E-state index in [9.17, 15) is 0 Å². The van der Waals surface area contributed by atoms with Gasteiger partial charge in [0.2, 0.25) is 5.16 Å². The Morgan fingerprint density at radius 1 is 1.18 bits per heavy atom. The van der Waals surface area contributed by atoms with E-state index < -0.39 is 0 Å². The first-order valence-corrected chi connectivity index (χ1v) is 8.53. The second-order valence-corrected chi connectivity index (χ2v) is 6.26. The molecule has 1 aromatic carbocycles. The molecule has 0 aliphatic carbocycles. The summed E-state index contributed by atoms with van der Waals surface area (Å²) in [6, 6.07) is 10.1. The Morgan fingerprint density at radius 3 is 2.86 bits per heavy atom. The van der Waals surface area contributed by atoms with Crippen LogP contribution in [0.1, 0.15) is 17.5 Å². The molecule has 0 unspecified atom stereocenters. The maximum atomic E-state index is 5.32. The molecule has 7 nitrogen and oxygen atoms in total. The first-order chi connectivity index (χ1) is 10.8. The smallest absolute Gasteiger partial charge is 0.294 e. The highest BCUT2D eigenvalue weighted by atomic mass is 32.2. The van der Waals surface area contributed by atoms with Crippen molar-refractivity contribution in [1.29, 1.82) is 0 Å². The van der Waals surface area contributed by atoms with E-state index in [0.717, 1.165) is 15.7 Å². The van der Waals surface area contributed by atoms with E-state index in [1.807, 2.05) is 25.1 Å². The minimum absolute atomic E-state index is 0.594. The van der Waals surface area contributed by atoms with Crippen molar-refractivity contribution < 1.29 is 4.74 Å². The first kappa shape index (κ1) is 14.9. The highest BCUT2D eigenvalue weighted by molar-refractivity contribution is 7.98. The summed E-state index contributed by atoms with van der Waals surface area (Å²) in [6.45, 7) is 3.17. The molecule has 3 aromatic rings. The van der Waals surface area contributed by atoms with E-state index >= 15 is 0 Å². The van der Waals surface area contributed by atoms with Gasteiger partial charge in [-0.15, -0.1) is 15.3 Å². The lowest BCUT2D eigenvalue weighted by molar-refractivity contribution is 0.335. The second kappa shape index (κ2) is 7.32. The normalized spacial score (nSPS) is 10.8. The third-order valence-corrected chi connectivity index (χ3v) is 4.70. The van der Waals surface area contributed by atoms with Crippen LogP contribution in [0.25, 0.3) is 0 Å². The van der Waals surface area contributed by atoms with Gasteiger partial charge >= 0.3 is 0 Å². The summed E-state index contributed by atoms with van der Waals surface area (Å²) in [5, 5.41) is 22.2. The van der Waals surface area contributed by atoms with Gasteiger partial charge in [-0.2, -0.15) is 0 Å². The average molecular weight is 334 g/mol. The van der Waals surface area contributed by atoms with Gasteiger partial charge in [-0.3, -0.25) is 0 Å². The van der Waals surface area contributed by atoms with E-state index in [0.29, 0.717) is 24.1 Å². The molecule has 0 bridgehead atoms. The molecule has 0 radical (unpaired) electrons. The van der Waals surface area contributed by atoms with Crippen LogP contribution in [0.3, 0.4) is 0 Å².